The number of aliphatic hydroxyl groups is 1. The zero-order chi connectivity index (χ0) is 25.0. The molecule has 0 saturated carbocycles. The van der Waals surface area contributed by atoms with Gasteiger partial charge in [0.2, 0.25) is 0 Å². The third kappa shape index (κ3) is 5.15. The zero-order valence-corrected chi connectivity index (χ0v) is 20.2. The molecular weight excluding hydrogens is 432 g/mol. The monoisotopic (exact) mass is 464 g/mol. The molecule has 2 aromatic carbocycles. The molecule has 0 bridgehead atoms. The number of benzene rings is 2. The van der Waals surface area contributed by atoms with E-state index in [9.17, 15) is 19.8 Å². The molecule has 1 aliphatic rings. The Kier molecular flexibility index (Phi) is 7.79. The van der Waals surface area contributed by atoms with E-state index >= 15 is 0 Å². The molecule has 1 unspecified atom stereocenters. The van der Waals surface area contributed by atoms with Gasteiger partial charge >= 0.3 is 0 Å². The van der Waals surface area contributed by atoms with Gasteiger partial charge in [-0.3, -0.25) is 9.59 Å². The van der Waals surface area contributed by atoms with E-state index in [0.29, 0.717) is 30.9 Å². The van der Waals surface area contributed by atoms with Gasteiger partial charge in [-0.05, 0) is 81.9 Å². The van der Waals surface area contributed by atoms with E-state index in [-0.39, 0.29) is 22.6 Å². The van der Waals surface area contributed by atoms with Crippen LogP contribution in [0.25, 0.3) is 5.76 Å². The van der Waals surface area contributed by atoms with Crippen molar-refractivity contribution in [3.63, 3.8) is 0 Å². The Morgan fingerprint density at radius 1 is 1.15 bits per heavy atom. The summed E-state index contributed by atoms with van der Waals surface area (Å²) >= 11 is 0. The number of phenolic OH excluding ortho intramolecular Hbond substituents is 1. The minimum atomic E-state index is -0.781. The van der Waals surface area contributed by atoms with E-state index < -0.39 is 17.7 Å². The number of Topliss-reactive ketones (excluding diaryl/α,β-unsaturated/α-hetero) is 1. The van der Waals surface area contributed by atoms with E-state index in [1.165, 1.54) is 11.0 Å². The van der Waals surface area contributed by atoms with Crippen LogP contribution in [-0.2, 0) is 9.59 Å². The average molecular weight is 465 g/mol. The molecule has 0 aliphatic carbocycles. The first-order valence-corrected chi connectivity index (χ1v) is 11.2. The standard InChI is InChI=1S/C27H32N2O5/c1-6-14-34-20-10-8-19(9-11-20)24-23(25(31)21-15-17(2)18(3)16-22(21)30)26(32)27(33)29(24)13-7-12-28(4)5/h6,8-11,15-16,24,30-31H,1,7,12-14H2,2-5H3/b25-23+. The van der Waals surface area contributed by atoms with Crippen LogP contribution >= 0.6 is 0 Å². The lowest BCUT2D eigenvalue weighted by Crippen LogP contribution is -2.32. The second kappa shape index (κ2) is 10.6. The number of ketones is 1. The summed E-state index contributed by atoms with van der Waals surface area (Å²) in [4.78, 5) is 29.7. The van der Waals surface area contributed by atoms with Crippen LogP contribution in [0.4, 0.5) is 0 Å². The lowest BCUT2D eigenvalue weighted by Gasteiger charge is -2.26. The Labute approximate surface area is 200 Å². The van der Waals surface area contributed by atoms with Gasteiger partial charge in [-0.1, -0.05) is 24.8 Å². The Morgan fingerprint density at radius 2 is 1.79 bits per heavy atom. The highest BCUT2D eigenvalue weighted by molar-refractivity contribution is 6.46. The van der Waals surface area contributed by atoms with E-state index in [2.05, 4.69) is 6.58 Å². The van der Waals surface area contributed by atoms with E-state index in [1.807, 2.05) is 32.8 Å². The van der Waals surface area contributed by atoms with Crippen molar-refractivity contribution in [1.29, 1.82) is 0 Å². The van der Waals surface area contributed by atoms with Gasteiger partial charge in [0.15, 0.2) is 0 Å². The number of carbonyl (C=O) groups is 2. The molecule has 0 spiro atoms. The number of aryl methyl sites for hydroxylation is 2. The average Bonchev–Trinajstić information content (AvgIpc) is 3.04. The molecule has 1 amide bonds. The maximum atomic E-state index is 13.1. The van der Waals surface area contributed by atoms with Crippen LogP contribution in [0.2, 0.25) is 0 Å². The first-order valence-electron chi connectivity index (χ1n) is 11.2. The van der Waals surface area contributed by atoms with Crippen molar-refractivity contribution in [1.82, 2.24) is 9.80 Å². The van der Waals surface area contributed by atoms with Crippen LogP contribution < -0.4 is 4.74 Å². The number of aliphatic hydroxyl groups excluding tert-OH is 1. The highest BCUT2D eigenvalue weighted by Crippen LogP contribution is 2.41. The van der Waals surface area contributed by atoms with Crippen LogP contribution in [0, 0.1) is 13.8 Å². The summed E-state index contributed by atoms with van der Waals surface area (Å²) in [5.74, 6) is -1.34. The maximum absolute atomic E-state index is 13.1. The summed E-state index contributed by atoms with van der Waals surface area (Å²) in [6, 6.07) is 9.46. The van der Waals surface area contributed by atoms with Crippen LogP contribution in [0.1, 0.15) is 34.7 Å². The van der Waals surface area contributed by atoms with Gasteiger partial charge in [0.05, 0.1) is 17.2 Å². The minimum absolute atomic E-state index is 0.0341. The quantitative estimate of drug-likeness (QED) is 0.253. The molecule has 0 aromatic heterocycles. The summed E-state index contributed by atoms with van der Waals surface area (Å²) in [5.41, 5.74) is 2.46. The molecule has 1 heterocycles. The Morgan fingerprint density at radius 3 is 2.41 bits per heavy atom. The Hall–Kier alpha value is -3.58. The number of ether oxygens (including phenoxy) is 1. The van der Waals surface area contributed by atoms with E-state index in [4.69, 9.17) is 4.74 Å². The van der Waals surface area contributed by atoms with Crippen molar-refractivity contribution < 1.29 is 24.5 Å². The molecule has 1 atom stereocenters. The van der Waals surface area contributed by atoms with Crippen molar-refractivity contribution in [2.75, 3.05) is 33.8 Å². The molecule has 7 heteroatoms. The van der Waals surface area contributed by atoms with Crippen molar-refractivity contribution in [2.45, 2.75) is 26.3 Å². The minimum Gasteiger partial charge on any atom is -0.507 e. The summed E-state index contributed by atoms with van der Waals surface area (Å²) in [7, 11) is 3.88. The SMILES string of the molecule is C=CCOc1ccc(C2/C(=C(\O)c3cc(C)c(C)cc3O)C(=O)C(=O)N2CCCN(C)C)cc1. The molecule has 2 aromatic rings. The van der Waals surface area contributed by atoms with Gasteiger partial charge in [-0.25, -0.2) is 0 Å². The first-order chi connectivity index (χ1) is 16.1. The Balaban J connectivity index is 2.11. The van der Waals surface area contributed by atoms with Crippen molar-refractivity contribution >= 4 is 17.4 Å². The third-order valence-electron chi connectivity index (χ3n) is 5.98. The lowest BCUT2D eigenvalue weighted by molar-refractivity contribution is -0.139. The second-order valence-corrected chi connectivity index (χ2v) is 8.77. The summed E-state index contributed by atoms with van der Waals surface area (Å²) in [6.45, 7) is 8.77. The van der Waals surface area contributed by atoms with Gasteiger partial charge in [-0.2, -0.15) is 0 Å². The number of hydrogen-bond donors (Lipinski definition) is 2. The number of carbonyl (C=O) groups excluding carboxylic acids is 2. The van der Waals surface area contributed by atoms with Crippen LogP contribution in [0.5, 0.6) is 11.5 Å². The summed E-state index contributed by atoms with van der Waals surface area (Å²) < 4.78 is 5.55. The third-order valence-corrected chi connectivity index (χ3v) is 5.98. The Bertz CT molecular complexity index is 1120. The van der Waals surface area contributed by atoms with Crippen molar-refractivity contribution in [3.8, 4) is 11.5 Å². The molecule has 34 heavy (non-hydrogen) atoms. The highest BCUT2D eigenvalue weighted by Gasteiger charge is 2.46. The molecular formula is C27H32N2O5. The van der Waals surface area contributed by atoms with Gasteiger partial charge in [0.1, 0.15) is 23.9 Å². The normalized spacial score (nSPS) is 17.4. The molecule has 180 valence electrons. The molecule has 0 radical (unpaired) electrons. The van der Waals surface area contributed by atoms with Crippen LogP contribution in [-0.4, -0.2) is 65.5 Å². The van der Waals surface area contributed by atoms with Crippen molar-refractivity contribution in [3.05, 3.63) is 76.9 Å². The van der Waals surface area contributed by atoms with Crippen LogP contribution in [0.3, 0.4) is 0 Å². The molecule has 1 saturated heterocycles. The van der Waals surface area contributed by atoms with Crippen LogP contribution in [0.15, 0.2) is 54.6 Å². The lowest BCUT2D eigenvalue weighted by atomic mass is 9.93. The van der Waals surface area contributed by atoms with Crippen molar-refractivity contribution in [2.24, 2.45) is 0 Å². The molecule has 7 nitrogen and oxygen atoms in total. The molecule has 3 rings (SSSR count). The predicted molar refractivity (Wildman–Crippen MR) is 132 cm³/mol. The van der Waals surface area contributed by atoms with Gasteiger partial charge in [0, 0.05) is 6.54 Å². The second-order valence-electron chi connectivity index (χ2n) is 8.77. The van der Waals surface area contributed by atoms with Gasteiger partial charge < -0.3 is 24.7 Å². The number of hydrogen-bond acceptors (Lipinski definition) is 6. The molecule has 1 fully saturated rings. The van der Waals surface area contributed by atoms with Gasteiger partial charge in [-0.15, -0.1) is 0 Å². The summed E-state index contributed by atoms with van der Waals surface area (Å²) in [6.07, 6.45) is 2.30. The number of aromatic hydroxyl groups is 1. The van der Waals surface area contributed by atoms with Gasteiger partial charge in [0.25, 0.3) is 11.7 Å². The number of nitrogens with zero attached hydrogens (tertiary/aromatic N) is 2. The molecule has 2 N–H and O–H groups in total. The highest BCUT2D eigenvalue weighted by atomic mass is 16.5. The number of rotatable bonds is 9. The topological polar surface area (TPSA) is 90.3 Å². The fourth-order valence-corrected chi connectivity index (χ4v) is 4.05. The van der Waals surface area contributed by atoms with E-state index in [1.54, 1.807) is 36.4 Å². The smallest absolute Gasteiger partial charge is 0.295 e. The number of amides is 1. The number of phenols is 1. The molecule has 1 aliphatic heterocycles. The largest absolute Gasteiger partial charge is 0.507 e. The first kappa shape index (κ1) is 25.1. The summed E-state index contributed by atoms with van der Waals surface area (Å²) in [5, 5.41) is 21.7. The number of likely N-dealkylation sites (tertiary alicyclic amines) is 1. The maximum Gasteiger partial charge on any atom is 0.295 e. The predicted octanol–water partition coefficient (Wildman–Crippen LogP) is 3.95. The zero-order valence-electron chi connectivity index (χ0n) is 20.2. The fourth-order valence-electron chi connectivity index (χ4n) is 4.05. The van der Waals surface area contributed by atoms with E-state index in [0.717, 1.165) is 17.7 Å². The fraction of sp³-hybridized carbons (Fsp3) is 0.333.